The number of hydrogen-bond donors (Lipinski definition) is 1. The molecule has 0 aliphatic carbocycles. The average Bonchev–Trinajstić information content (AvgIpc) is 3.06. The van der Waals surface area contributed by atoms with Gasteiger partial charge in [0.2, 0.25) is 0 Å². The summed E-state index contributed by atoms with van der Waals surface area (Å²) in [6.45, 7) is 4.13. The van der Waals surface area contributed by atoms with E-state index in [1.165, 1.54) is 12.0 Å². The fraction of sp³-hybridized carbons (Fsp3) is 0.192. The predicted molar refractivity (Wildman–Crippen MR) is 126 cm³/mol. The molecule has 1 N–H and O–H groups in total. The number of ether oxygens (including phenoxy) is 2. The predicted octanol–water partition coefficient (Wildman–Crippen LogP) is 4.11. The first-order valence-corrected chi connectivity index (χ1v) is 10.5. The zero-order valence-electron chi connectivity index (χ0n) is 19.0. The van der Waals surface area contributed by atoms with Crippen LogP contribution < -0.4 is 14.8 Å². The molecule has 7 nitrogen and oxygen atoms in total. The fourth-order valence-electron chi connectivity index (χ4n) is 3.79. The van der Waals surface area contributed by atoms with E-state index in [4.69, 9.17) is 9.47 Å². The van der Waals surface area contributed by atoms with Crippen LogP contribution in [0.3, 0.4) is 0 Å². The lowest BCUT2D eigenvalue weighted by molar-refractivity contribution is -0.137. The lowest BCUT2D eigenvalue weighted by Crippen LogP contribution is -2.32. The molecule has 0 saturated heterocycles. The maximum Gasteiger partial charge on any atom is 0.278 e. The van der Waals surface area contributed by atoms with E-state index in [1.54, 1.807) is 49.8 Å². The number of nitrogens with zero attached hydrogens (tertiary/aromatic N) is 2. The van der Waals surface area contributed by atoms with Gasteiger partial charge in [0.1, 0.15) is 5.70 Å². The SMILES string of the molecule is COc1ccc(C2=C(Nc3cccc(C)c3C)C(=O)N(Cc3ccncc3)C2=O)cc1OC. The Morgan fingerprint density at radius 2 is 1.64 bits per heavy atom. The number of amides is 2. The van der Waals surface area contributed by atoms with Crippen molar-refractivity contribution in [3.05, 3.63) is 88.9 Å². The molecular formula is C26H25N3O4. The number of methoxy groups -OCH3 is 2. The van der Waals surface area contributed by atoms with Crippen LogP contribution in [-0.4, -0.2) is 35.9 Å². The van der Waals surface area contributed by atoms with Crippen LogP contribution in [0.25, 0.3) is 5.57 Å². The highest BCUT2D eigenvalue weighted by atomic mass is 16.5. The standard InChI is InChI=1S/C26H25N3O4/c1-16-6-5-7-20(17(16)2)28-24-23(19-8-9-21(32-3)22(14-19)33-4)25(30)29(26(24)31)15-18-10-12-27-13-11-18/h5-14,28H,15H2,1-4H3. The third-order valence-electron chi connectivity index (χ3n) is 5.79. The molecule has 0 atom stereocenters. The van der Waals surface area contributed by atoms with Gasteiger partial charge >= 0.3 is 0 Å². The Balaban J connectivity index is 1.81. The number of anilines is 1. The van der Waals surface area contributed by atoms with E-state index in [0.717, 1.165) is 22.4 Å². The van der Waals surface area contributed by atoms with Gasteiger partial charge in [-0.25, -0.2) is 0 Å². The number of rotatable bonds is 7. The molecule has 2 aromatic carbocycles. The maximum atomic E-state index is 13.5. The van der Waals surface area contributed by atoms with E-state index in [9.17, 15) is 9.59 Å². The summed E-state index contributed by atoms with van der Waals surface area (Å²) in [5.74, 6) is 0.247. The number of benzene rings is 2. The molecule has 1 aliphatic heterocycles. The van der Waals surface area contributed by atoms with Gasteiger partial charge in [0.25, 0.3) is 11.8 Å². The first-order valence-electron chi connectivity index (χ1n) is 10.5. The minimum Gasteiger partial charge on any atom is -0.493 e. The molecule has 0 radical (unpaired) electrons. The second-order valence-electron chi connectivity index (χ2n) is 7.74. The number of hydrogen-bond acceptors (Lipinski definition) is 6. The van der Waals surface area contributed by atoms with Crippen molar-refractivity contribution < 1.29 is 19.1 Å². The highest BCUT2D eigenvalue weighted by Crippen LogP contribution is 2.36. The number of aromatic nitrogens is 1. The Labute approximate surface area is 192 Å². The van der Waals surface area contributed by atoms with Crippen LogP contribution >= 0.6 is 0 Å². The van der Waals surface area contributed by atoms with Crippen molar-refractivity contribution in [1.29, 1.82) is 0 Å². The van der Waals surface area contributed by atoms with Crippen LogP contribution in [0.1, 0.15) is 22.3 Å². The lowest BCUT2D eigenvalue weighted by Gasteiger charge is -2.16. The normalized spacial score (nSPS) is 13.5. The zero-order chi connectivity index (χ0) is 23.5. The Morgan fingerprint density at radius 3 is 2.33 bits per heavy atom. The molecule has 0 spiro atoms. The van der Waals surface area contributed by atoms with Crippen molar-refractivity contribution in [2.24, 2.45) is 0 Å². The molecule has 0 unspecified atom stereocenters. The minimum atomic E-state index is -0.387. The summed E-state index contributed by atoms with van der Waals surface area (Å²) in [4.78, 5) is 32.3. The molecule has 168 valence electrons. The molecule has 4 rings (SSSR count). The van der Waals surface area contributed by atoms with Gasteiger partial charge < -0.3 is 14.8 Å². The van der Waals surface area contributed by atoms with Crippen molar-refractivity contribution in [3.63, 3.8) is 0 Å². The van der Waals surface area contributed by atoms with Crippen molar-refractivity contribution in [1.82, 2.24) is 9.88 Å². The molecule has 0 bridgehead atoms. The zero-order valence-corrected chi connectivity index (χ0v) is 19.0. The van der Waals surface area contributed by atoms with Crippen molar-refractivity contribution in [2.45, 2.75) is 20.4 Å². The number of pyridine rings is 1. The molecule has 1 aliphatic rings. The summed E-state index contributed by atoms with van der Waals surface area (Å²) in [6, 6.07) is 14.6. The van der Waals surface area contributed by atoms with Gasteiger partial charge in [-0.05, 0) is 66.4 Å². The van der Waals surface area contributed by atoms with Gasteiger partial charge in [0, 0.05) is 18.1 Å². The van der Waals surface area contributed by atoms with Crippen LogP contribution in [0.5, 0.6) is 11.5 Å². The second-order valence-corrected chi connectivity index (χ2v) is 7.74. The first kappa shape index (κ1) is 22.1. The molecule has 1 aromatic heterocycles. The highest BCUT2D eigenvalue weighted by molar-refractivity contribution is 6.36. The molecule has 2 amide bonds. The Bertz CT molecular complexity index is 1250. The van der Waals surface area contributed by atoms with Crippen LogP contribution in [0, 0.1) is 13.8 Å². The highest BCUT2D eigenvalue weighted by Gasteiger charge is 2.39. The molecule has 3 aromatic rings. The number of carbonyl (C=O) groups is 2. The van der Waals surface area contributed by atoms with Gasteiger partial charge in [-0.3, -0.25) is 19.5 Å². The average molecular weight is 444 g/mol. The summed E-state index contributed by atoms with van der Waals surface area (Å²) >= 11 is 0. The Morgan fingerprint density at radius 1 is 0.909 bits per heavy atom. The second kappa shape index (κ2) is 9.16. The van der Waals surface area contributed by atoms with Crippen molar-refractivity contribution >= 4 is 23.1 Å². The van der Waals surface area contributed by atoms with E-state index >= 15 is 0 Å². The van der Waals surface area contributed by atoms with E-state index in [0.29, 0.717) is 17.1 Å². The Hall–Kier alpha value is -4.13. The summed E-state index contributed by atoms with van der Waals surface area (Å²) in [5.41, 5.74) is 4.76. The van der Waals surface area contributed by atoms with E-state index in [2.05, 4.69) is 10.3 Å². The molecule has 0 saturated carbocycles. The largest absolute Gasteiger partial charge is 0.493 e. The topological polar surface area (TPSA) is 80.8 Å². The lowest BCUT2D eigenvalue weighted by atomic mass is 10.0. The van der Waals surface area contributed by atoms with Gasteiger partial charge in [-0.1, -0.05) is 18.2 Å². The van der Waals surface area contributed by atoms with Crippen molar-refractivity contribution in [2.75, 3.05) is 19.5 Å². The molecule has 2 heterocycles. The Kier molecular flexibility index (Phi) is 6.13. The van der Waals surface area contributed by atoms with E-state index in [-0.39, 0.29) is 29.6 Å². The molecule has 7 heteroatoms. The van der Waals surface area contributed by atoms with Crippen LogP contribution in [-0.2, 0) is 16.1 Å². The van der Waals surface area contributed by atoms with Gasteiger partial charge in [-0.15, -0.1) is 0 Å². The number of carbonyl (C=O) groups excluding carboxylic acids is 2. The summed E-state index contributed by atoms with van der Waals surface area (Å²) in [7, 11) is 3.08. The quantitative estimate of drug-likeness (QED) is 0.554. The third-order valence-corrected chi connectivity index (χ3v) is 5.79. The van der Waals surface area contributed by atoms with E-state index < -0.39 is 0 Å². The monoisotopic (exact) mass is 443 g/mol. The number of aryl methyl sites for hydroxylation is 1. The number of imide groups is 1. The maximum absolute atomic E-state index is 13.5. The van der Waals surface area contributed by atoms with Gasteiger partial charge in [-0.2, -0.15) is 0 Å². The van der Waals surface area contributed by atoms with E-state index in [1.807, 2.05) is 32.0 Å². The van der Waals surface area contributed by atoms with Crippen LogP contribution in [0.15, 0.2) is 66.6 Å². The van der Waals surface area contributed by atoms with Gasteiger partial charge in [0.15, 0.2) is 11.5 Å². The van der Waals surface area contributed by atoms with Crippen LogP contribution in [0.2, 0.25) is 0 Å². The summed E-state index contributed by atoms with van der Waals surface area (Å²) in [6.07, 6.45) is 3.27. The molecular weight excluding hydrogens is 418 g/mol. The fourth-order valence-corrected chi connectivity index (χ4v) is 3.79. The van der Waals surface area contributed by atoms with Crippen molar-refractivity contribution in [3.8, 4) is 11.5 Å². The number of nitrogens with one attached hydrogen (secondary N) is 1. The minimum absolute atomic E-state index is 0.148. The smallest absolute Gasteiger partial charge is 0.278 e. The third kappa shape index (κ3) is 4.17. The first-order chi connectivity index (χ1) is 15.9. The summed E-state index contributed by atoms with van der Waals surface area (Å²) in [5, 5.41) is 3.24. The van der Waals surface area contributed by atoms with Gasteiger partial charge in [0.05, 0.1) is 26.3 Å². The van der Waals surface area contributed by atoms with Crippen LogP contribution in [0.4, 0.5) is 5.69 Å². The summed E-state index contributed by atoms with van der Waals surface area (Å²) < 4.78 is 10.8. The molecule has 33 heavy (non-hydrogen) atoms. The molecule has 0 fully saturated rings.